The van der Waals surface area contributed by atoms with Gasteiger partial charge in [-0.25, -0.2) is 9.78 Å². The van der Waals surface area contributed by atoms with Gasteiger partial charge in [0.1, 0.15) is 5.69 Å². The van der Waals surface area contributed by atoms with Gasteiger partial charge in [0.2, 0.25) is 5.95 Å². The van der Waals surface area contributed by atoms with E-state index < -0.39 is 0 Å². The zero-order valence-electron chi connectivity index (χ0n) is 16.9. The van der Waals surface area contributed by atoms with Crippen molar-refractivity contribution in [2.45, 2.75) is 26.2 Å². The first-order chi connectivity index (χ1) is 13.4. The first-order valence-electron chi connectivity index (χ1n) is 9.43. The zero-order chi connectivity index (χ0) is 20.1. The van der Waals surface area contributed by atoms with Crippen molar-refractivity contribution in [1.82, 2.24) is 14.9 Å². The van der Waals surface area contributed by atoms with Crippen molar-refractivity contribution in [2.75, 3.05) is 49.3 Å². The maximum absolute atomic E-state index is 12.4. The van der Waals surface area contributed by atoms with Crippen LogP contribution in [0.4, 0.5) is 27.9 Å². The van der Waals surface area contributed by atoms with Gasteiger partial charge < -0.3 is 25.6 Å². The molecule has 1 saturated heterocycles. The largest absolute Gasteiger partial charge is 0.378 e. The molecule has 8 nitrogen and oxygen atoms in total. The molecule has 0 radical (unpaired) electrons. The van der Waals surface area contributed by atoms with Crippen LogP contribution in [0, 0.1) is 0 Å². The molecule has 0 spiro atoms. The molecule has 0 aliphatic carbocycles. The molecule has 1 aliphatic heterocycles. The van der Waals surface area contributed by atoms with Crippen LogP contribution >= 0.6 is 0 Å². The van der Waals surface area contributed by atoms with Crippen molar-refractivity contribution >= 4 is 29.2 Å². The Kier molecular flexibility index (Phi) is 5.99. The monoisotopic (exact) mass is 384 g/mol. The van der Waals surface area contributed by atoms with Crippen molar-refractivity contribution in [3.05, 3.63) is 36.0 Å². The van der Waals surface area contributed by atoms with E-state index in [-0.39, 0.29) is 11.4 Å². The summed E-state index contributed by atoms with van der Waals surface area (Å²) in [6, 6.07) is 8.03. The molecule has 2 heterocycles. The number of hydrogen-bond donors (Lipinski definition) is 3. The molecule has 0 unspecified atom stereocenters. The van der Waals surface area contributed by atoms with E-state index in [9.17, 15) is 4.79 Å². The molecule has 150 valence electrons. The summed E-state index contributed by atoms with van der Waals surface area (Å²) in [5.41, 5.74) is 2.80. The summed E-state index contributed by atoms with van der Waals surface area (Å²) in [6.07, 6.45) is 1.60. The van der Waals surface area contributed by atoms with E-state index in [0.717, 1.165) is 5.69 Å². The van der Waals surface area contributed by atoms with Crippen LogP contribution in [-0.2, 0) is 10.2 Å². The normalized spacial score (nSPS) is 14.5. The highest BCUT2D eigenvalue weighted by Crippen LogP contribution is 2.25. The van der Waals surface area contributed by atoms with Gasteiger partial charge in [0.15, 0.2) is 5.82 Å². The van der Waals surface area contributed by atoms with Crippen LogP contribution in [0.25, 0.3) is 0 Å². The molecule has 0 saturated carbocycles. The number of carbonyl (C=O) groups is 1. The second kappa shape index (κ2) is 8.43. The van der Waals surface area contributed by atoms with Crippen LogP contribution in [-0.4, -0.2) is 54.2 Å². The minimum atomic E-state index is -0.179. The molecule has 1 aliphatic rings. The molecule has 2 amide bonds. The first kappa shape index (κ1) is 19.9. The number of carbonyl (C=O) groups excluding carboxylic acids is 1. The van der Waals surface area contributed by atoms with Crippen LogP contribution < -0.4 is 16.0 Å². The molecule has 3 N–H and O–H groups in total. The standard InChI is InChI=1S/C20H28N6O2/c1-20(2,3)14-5-7-15(8-6-14)23-18-22-13-16(17(21-4)25-18)24-19(27)26-9-11-28-12-10-26/h5-8,13H,9-12H2,1-4H3,(H,24,27)(H2,21,22,23,25). The number of rotatable bonds is 4. The van der Waals surface area contributed by atoms with E-state index in [1.165, 1.54) is 5.56 Å². The van der Waals surface area contributed by atoms with E-state index >= 15 is 0 Å². The number of urea groups is 1. The molecule has 2 aromatic rings. The highest BCUT2D eigenvalue weighted by molar-refractivity contribution is 5.92. The average molecular weight is 384 g/mol. The summed E-state index contributed by atoms with van der Waals surface area (Å²) in [4.78, 5) is 22.9. The SMILES string of the molecule is CNc1nc(Nc2ccc(C(C)(C)C)cc2)ncc1NC(=O)N1CCOCC1. The molecular formula is C20H28N6O2. The Hall–Kier alpha value is -2.87. The van der Waals surface area contributed by atoms with Gasteiger partial charge in [0.05, 0.1) is 19.4 Å². The molecule has 3 rings (SSSR count). The van der Waals surface area contributed by atoms with Gasteiger partial charge in [-0.15, -0.1) is 0 Å². The summed E-state index contributed by atoms with van der Waals surface area (Å²) in [5, 5.41) is 9.07. The van der Waals surface area contributed by atoms with Gasteiger partial charge in [0, 0.05) is 25.8 Å². The highest BCUT2D eigenvalue weighted by Gasteiger charge is 2.18. The molecular weight excluding hydrogens is 356 g/mol. The minimum absolute atomic E-state index is 0.106. The number of amides is 2. The molecule has 0 bridgehead atoms. The average Bonchev–Trinajstić information content (AvgIpc) is 2.69. The highest BCUT2D eigenvalue weighted by atomic mass is 16.5. The second-order valence-electron chi connectivity index (χ2n) is 7.69. The topological polar surface area (TPSA) is 91.4 Å². The lowest BCUT2D eigenvalue weighted by molar-refractivity contribution is 0.0564. The number of anilines is 4. The summed E-state index contributed by atoms with van der Waals surface area (Å²) >= 11 is 0. The third kappa shape index (κ3) is 4.89. The van der Waals surface area contributed by atoms with Gasteiger partial charge in [-0.3, -0.25) is 0 Å². The van der Waals surface area contributed by atoms with Crippen molar-refractivity contribution < 1.29 is 9.53 Å². The van der Waals surface area contributed by atoms with E-state index in [0.29, 0.717) is 43.8 Å². The summed E-state index contributed by atoms with van der Waals surface area (Å²) in [6.45, 7) is 8.81. The Morgan fingerprint density at radius 1 is 1.14 bits per heavy atom. The molecule has 0 atom stereocenters. The number of aromatic nitrogens is 2. The van der Waals surface area contributed by atoms with Crippen LogP contribution in [0.1, 0.15) is 26.3 Å². The third-order valence-electron chi connectivity index (χ3n) is 4.57. The lowest BCUT2D eigenvalue weighted by Gasteiger charge is -2.27. The summed E-state index contributed by atoms with van der Waals surface area (Å²) < 4.78 is 5.28. The van der Waals surface area contributed by atoms with Crippen LogP contribution in [0.2, 0.25) is 0 Å². The number of morpholine rings is 1. The number of nitrogens with one attached hydrogen (secondary N) is 3. The molecule has 1 aromatic carbocycles. The van der Waals surface area contributed by atoms with E-state index in [1.54, 1.807) is 18.1 Å². The smallest absolute Gasteiger partial charge is 0.322 e. The Morgan fingerprint density at radius 2 is 1.82 bits per heavy atom. The fourth-order valence-electron chi connectivity index (χ4n) is 2.87. The Bertz CT molecular complexity index is 810. The van der Waals surface area contributed by atoms with Crippen molar-refractivity contribution in [1.29, 1.82) is 0 Å². The van der Waals surface area contributed by atoms with Crippen molar-refractivity contribution in [3.63, 3.8) is 0 Å². The lowest BCUT2D eigenvalue weighted by Crippen LogP contribution is -2.43. The van der Waals surface area contributed by atoms with Gasteiger partial charge in [-0.2, -0.15) is 4.98 Å². The second-order valence-corrected chi connectivity index (χ2v) is 7.69. The third-order valence-corrected chi connectivity index (χ3v) is 4.57. The predicted octanol–water partition coefficient (Wildman–Crippen LogP) is 3.42. The number of ether oxygens (including phenoxy) is 1. The predicted molar refractivity (Wildman–Crippen MR) is 111 cm³/mol. The number of benzene rings is 1. The Labute approximate surface area is 165 Å². The number of nitrogens with zero attached hydrogens (tertiary/aromatic N) is 3. The zero-order valence-corrected chi connectivity index (χ0v) is 16.9. The fourth-order valence-corrected chi connectivity index (χ4v) is 2.87. The van der Waals surface area contributed by atoms with Crippen molar-refractivity contribution in [3.8, 4) is 0 Å². The Morgan fingerprint density at radius 3 is 2.43 bits per heavy atom. The summed E-state index contributed by atoms with van der Waals surface area (Å²) in [7, 11) is 1.76. The molecule has 1 aromatic heterocycles. The van der Waals surface area contributed by atoms with Gasteiger partial charge in [-0.1, -0.05) is 32.9 Å². The minimum Gasteiger partial charge on any atom is -0.378 e. The van der Waals surface area contributed by atoms with Crippen LogP contribution in [0.15, 0.2) is 30.5 Å². The van der Waals surface area contributed by atoms with Crippen LogP contribution in [0.3, 0.4) is 0 Å². The Balaban J connectivity index is 1.69. The quantitative estimate of drug-likeness (QED) is 0.748. The van der Waals surface area contributed by atoms with E-state index in [1.807, 2.05) is 12.1 Å². The van der Waals surface area contributed by atoms with Crippen LogP contribution in [0.5, 0.6) is 0 Å². The maximum atomic E-state index is 12.4. The van der Waals surface area contributed by atoms with E-state index in [4.69, 9.17) is 4.74 Å². The first-order valence-corrected chi connectivity index (χ1v) is 9.43. The fraction of sp³-hybridized carbons (Fsp3) is 0.450. The molecule has 1 fully saturated rings. The summed E-state index contributed by atoms with van der Waals surface area (Å²) in [5.74, 6) is 1.00. The lowest BCUT2D eigenvalue weighted by atomic mass is 9.87. The van der Waals surface area contributed by atoms with Gasteiger partial charge in [-0.05, 0) is 23.1 Å². The molecule has 8 heteroatoms. The van der Waals surface area contributed by atoms with E-state index in [2.05, 4.69) is 58.8 Å². The molecule has 28 heavy (non-hydrogen) atoms. The number of hydrogen-bond acceptors (Lipinski definition) is 6. The van der Waals surface area contributed by atoms with Crippen molar-refractivity contribution in [2.24, 2.45) is 0 Å². The maximum Gasteiger partial charge on any atom is 0.322 e. The van der Waals surface area contributed by atoms with Gasteiger partial charge in [0.25, 0.3) is 0 Å². The van der Waals surface area contributed by atoms with Gasteiger partial charge >= 0.3 is 6.03 Å².